The van der Waals surface area contributed by atoms with Crippen molar-refractivity contribution in [3.8, 4) is 0 Å². The van der Waals surface area contributed by atoms with Gasteiger partial charge in [0.2, 0.25) is 5.91 Å². The fourth-order valence-electron chi connectivity index (χ4n) is 4.11. The SMILES string of the molecule is CCCNC(=O)c1ccc(NC(=O)C2CCN(c3ncnc4sc(C)c(C)c34)CC2)cc1Cl. The molecule has 0 spiro atoms. The number of rotatable bonds is 6. The molecule has 0 saturated carbocycles. The van der Waals surface area contributed by atoms with Crippen LogP contribution in [0.15, 0.2) is 24.5 Å². The Bertz CT molecular complexity index is 1190. The zero-order valence-electron chi connectivity index (χ0n) is 19.1. The van der Waals surface area contributed by atoms with Crippen LogP contribution in [0.3, 0.4) is 0 Å². The number of piperidine rings is 1. The molecule has 7 nitrogen and oxygen atoms in total. The van der Waals surface area contributed by atoms with E-state index in [4.69, 9.17) is 11.6 Å². The monoisotopic (exact) mass is 485 g/mol. The molecule has 1 aliphatic rings. The van der Waals surface area contributed by atoms with E-state index in [2.05, 4.69) is 39.3 Å². The molecule has 2 N–H and O–H groups in total. The first-order valence-electron chi connectivity index (χ1n) is 11.2. The molecule has 4 rings (SSSR count). The number of fused-ring (bicyclic) bond motifs is 1. The summed E-state index contributed by atoms with van der Waals surface area (Å²) in [6, 6.07) is 5.00. The minimum Gasteiger partial charge on any atom is -0.356 e. The van der Waals surface area contributed by atoms with Crippen LogP contribution < -0.4 is 15.5 Å². The molecule has 33 heavy (non-hydrogen) atoms. The Morgan fingerprint density at radius 3 is 2.67 bits per heavy atom. The van der Waals surface area contributed by atoms with Crippen LogP contribution in [-0.4, -0.2) is 41.4 Å². The number of thiophene rings is 1. The molecule has 3 aromatic rings. The summed E-state index contributed by atoms with van der Waals surface area (Å²) < 4.78 is 0. The number of aromatic nitrogens is 2. The lowest BCUT2D eigenvalue weighted by atomic mass is 9.95. The third-order valence-corrected chi connectivity index (χ3v) is 7.56. The van der Waals surface area contributed by atoms with Crippen LogP contribution >= 0.6 is 22.9 Å². The van der Waals surface area contributed by atoms with E-state index in [0.29, 0.717) is 22.8 Å². The van der Waals surface area contributed by atoms with Gasteiger partial charge in [-0.25, -0.2) is 9.97 Å². The van der Waals surface area contributed by atoms with E-state index in [1.54, 1.807) is 35.9 Å². The van der Waals surface area contributed by atoms with Gasteiger partial charge in [-0.05, 0) is 56.9 Å². The summed E-state index contributed by atoms with van der Waals surface area (Å²) >= 11 is 7.98. The van der Waals surface area contributed by atoms with Crippen LogP contribution in [-0.2, 0) is 4.79 Å². The van der Waals surface area contributed by atoms with Crippen molar-refractivity contribution in [2.45, 2.75) is 40.0 Å². The number of hydrogen-bond acceptors (Lipinski definition) is 6. The molecule has 9 heteroatoms. The van der Waals surface area contributed by atoms with Gasteiger partial charge >= 0.3 is 0 Å². The average molecular weight is 486 g/mol. The van der Waals surface area contributed by atoms with Crippen molar-refractivity contribution in [1.29, 1.82) is 0 Å². The summed E-state index contributed by atoms with van der Waals surface area (Å²) in [5.74, 6) is 0.644. The Morgan fingerprint density at radius 2 is 1.97 bits per heavy atom. The van der Waals surface area contributed by atoms with E-state index in [1.165, 1.54) is 10.4 Å². The van der Waals surface area contributed by atoms with E-state index in [0.717, 1.165) is 48.4 Å². The van der Waals surface area contributed by atoms with E-state index < -0.39 is 0 Å². The fraction of sp³-hybridized carbons (Fsp3) is 0.417. The van der Waals surface area contributed by atoms with Crippen LogP contribution in [0.4, 0.5) is 11.5 Å². The van der Waals surface area contributed by atoms with Crippen LogP contribution in [0.1, 0.15) is 47.0 Å². The molecule has 2 aromatic heterocycles. The number of carbonyl (C=O) groups excluding carboxylic acids is 2. The summed E-state index contributed by atoms with van der Waals surface area (Å²) in [7, 11) is 0. The maximum Gasteiger partial charge on any atom is 0.252 e. The van der Waals surface area contributed by atoms with Gasteiger partial charge in [-0.1, -0.05) is 18.5 Å². The Balaban J connectivity index is 1.38. The molecular formula is C24H28ClN5O2S. The van der Waals surface area contributed by atoms with Gasteiger partial charge < -0.3 is 15.5 Å². The summed E-state index contributed by atoms with van der Waals surface area (Å²) in [6.45, 7) is 8.33. The number of hydrogen-bond donors (Lipinski definition) is 2. The fourth-order valence-corrected chi connectivity index (χ4v) is 5.37. The van der Waals surface area contributed by atoms with Gasteiger partial charge in [-0.3, -0.25) is 9.59 Å². The second-order valence-electron chi connectivity index (χ2n) is 8.36. The molecule has 0 atom stereocenters. The Labute approximate surface area is 202 Å². The molecule has 0 aliphatic carbocycles. The first-order valence-corrected chi connectivity index (χ1v) is 12.4. The first kappa shape index (κ1) is 23.4. The number of nitrogens with zero attached hydrogens (tertiary/aromatic N) is 3. The zero-order valence-corrected chi connectivity index (χ0v) is 20.6. The third kappa shape index (κ3) is 4.96. The molecule has 0 bridgehead atoms. The number of benzene rings is 1. The molecule has 1 fully saturated rings. The van der Waals surface area contributed by atoms with Crippen LogP contribution in [0, 0.1) is 19.8 Å². The van der Waals surface area contributed by atoms with Crippen molar-refractivity contribution >= 4 is 56.5 Å². The second kappa shape index (κ2) is 10.1. The highest BCUT2D eigenvalue weighted by atomic mass is 35.5. The summed E-state index contributed by atoms with van der Waals surface area (Å²) in [6.07, 6.45) is 3.96. The number of anilines is 2. The first-order chi connectivity index (χ1) is 15.9. The summed E-state index contributed by atoms with van der Waals surface area (Å²) in [5.41, 5.74) is 2.24. The Hall–Kier alpha value is -2.71. The quantitative estimate of drug-likeness (QED) is 0.515. The third-order valence-electron chi connectivity index (χ3n) is 6.13. The molecule has 1 aliphatic heterocycles. The minimum absolute atomic E-state index is 0.0238. The van der Waals surface area contributed by atoms with Crippen molar-refractivity contribution < 1.29 is 9.59 Å². The van der Waals surface area contributed by atoms with E-state index in [1.807, 2.05) is 6.92 Å². The predicted octanol–water partition coefficient (Wildman–Crippen LogP) is 4.96. The highest BCUT2D eigenvalue weighted by molar-refractivity contribution is 7.18. The molecule has 174 valence electrons. The largest absolute Gasteiger partial charge is 0.356 e. The van der Waals surface area contributed by atoms with Gasteiger partial charge in [0.1, 0.15) is 17.0 Å². The van der Waals surface area contributed by atoms with Crippen LogP contribution in [0.25, 0.3) is 10.2 Å². The molecule has 0 radical (unpaired) electrons. The predicted molar refractivity (Wildman–Crippen MR) is 135 cm³/mol. The minimum atomic E-state index is -0.206. The van der Waals surface area contributed by atoms with Gasteiger partial charge in [0, 0.05) is 36.1 Å². The molecule has 0 unspecified atom stereocenters. The topological polar surface area (TPSA) is 87.2 Å². The van der Waals surface area contributed by atoms with Gasteiger partial charge in [-0.2, -0.15) is 0 Å². The lowest BCUT2D eigenvalue weighted by Crippen LogP contribution is -2.38. The Kier molecular flexibility index (Phi) is 7.14. The molecule has 1 saturated heterocycles. The second-order valence-corrected chi connectivity index (χ2v) is 9.97. The number of amides is 2. The summed E-state index contributed by atoms with van der Waals surface area (Å²) in [4.78, 5) is 38.6. The maximum absolute atomic E-state index is 12.9. The molecule has 2 amide bonds. The standard InChI is InChI=1S/C24H28ClN5O2S/c1-4-9-26-23(32)18-6-5-17(12-19(18)25)29-22(31)16-7-10-30(11-8-16)21-20-14(2)15(3)33-24(20)28-13-27-21/h5-6,12-13,16H,4,7-11H2,1-3H3,(H,26,32)(H,29,31). The molecular weight excluding hydrogens is 458 g/mol. The number of halogens is 1. The van der Waals surface area contributed by atoms with E-state index in [9.17, 15) is 9.59 Å². The van der Waals surface area contributed by atoms with Crippen molar-refractivity contribution in [1.82, 2.24) is 15.3 Å². The maximum atomic E-state index is 12.9. The highest BCUT2D eigenvalue weighted by Crippen LogP contribution is 2.35. The van der Waals surface area contributed by atoms with Crippen LogP contribution in [0.5, 0.6) is 0 Å². The molecule has 1 aromatic carbocycles. The number of nitrogens with one attached hydrogen (secondary N) is 2. The lowest BCUT2D eigenvalue weighted by Gasteiger charge is -2.32. The van der Waals surface area contributed by atoms with Gasteiger partial charge in [-0.15, -0.1) is 11.3 Å². The van der Waals surface area contributed by atoms with Crippen LogP contribution in [0.2, 0.25) is 5.02 Å². The van der Waals surface area contributed by atoms with Crippen molar-refractivity contribution in [3.63, 3.8) is 0 Å². The van der Waals surface area contributed by atoms with Crippen molar-refractivity contribution in [3.05, 3.63) is 45.6 Å². The number of aryl methyl sites for hydroxylation is 2. The van der Waals surface area contributed by atoms with E-state index in [-0.39, 0.29) is 17.7 Å². The van der Waals surface area contributed by atoms with Gasteiger partial charge in [0.15, 0.2) is 0 Å². The lowest BCUT2D eigenvalue weighted by molar-refractivity contribution is -0.120. The van der Waals surface area contributed by atoms with Crippen molar-refractivity contribution in [2.75, 3.05) is 29.9 Å². The van der Waals surface area contributed by atoms with E-state index >= 15 is 0 Å². The van der Waals surface area contributed by atoms with Gasteiger partial charge in [0.05, 0.1) is 16.0 Å². The normalized spacial score (nSPS) is 14.5. The highest BCUT2D eigenvalue weighted by Gasteiger charge is 2.27. The number of carbonyl (C=O) groups is 2. The zero-order chi connectivity index (χ0) is 23.5. The Morgan fingerprint density at radius 1 is 1.21 bits per heavy atom. The van der Waals surface area contributed by atoms with Gasteiger partial charge in [0.25, 0.3) is 5.91 Å². The van der Waals surface area contributed by atoms with Crippen molar-refractivity contribution in [2.24, 2.45) is 5.92 Å². The summed E-state index contributed by atoms with van der Waals surface area (Å²) in [5, 5.41) is 7.22. The average Bonchev–Trinajstić information content (AvgIpc) is 3.11. The smallest absolute Gasteiger partial charge is 0.252 e. The molecule has 3 heterocycles.